The van der Waals surface area contributed by atoms with Crippen LogP contribution in [0.4, 0.5) is 4.39 Å². The molecule has 0 fully saturated rings. The van der Waals surface area contributed by atoms with Gasteiger partial charge in [0.1, 0.15) is 11.9 Å². The third-order valence-electron chi connectivity index (χ3n) is 3.78. The van der Waals surface area contributed by atoms with E-state index in [0.29, 0.717) is 17.7 Å². The first kappa shape index (κ1) is 22.8. The minimum Gasteiger partial charge on any atom is -0.482 e. The van der Waals surface area contributed by atoms with Gasteiger partial charge in [-0.05, 0) is 19.4 Å². The van der Waals surface area contributed by atoms with Crippen LogP contribution in [0.2, 0.25) is 5.02 Å². The van der Waals surface area contributed by atoms with Gasteiger partial charge in [-0.3, -0.25) is 4.79 Å². The molecule has 7 nitrogen and oxygen atoms in total. The molecular weight excluding hydrogens is 421 g/mol. The largest absolute Gasteiger partial charge is 0.482 e. The lowest BCUT2D eigenvalue weighted by Gasteiger charge is -2.19. The number of carbonyl (C=O) groups is 1. The quantitative estimate of drug-likeness (QED) is 0.673. The molecule has 1 aromatic heterocycles. The van der Waals surface area contributed by atoms with Gasteiger partial charge >= 0.3 is 0 Å². The zero-order valence-electron chi connectivity index (χ0n) is 16.1. The summed E-state index contributed by atoms with van der Waals surface area (Å²) in [5, 5.41) is 3.57. The van der Waals surface area contributed by atoms with Gasteiger partial charge in [0, 0.05) is 23.3 Å². The smallest absolute Gasteiger partial charge is 0.289 e. The zero-order valence-corrected chi connectivity index (χ0v) is 17.7. The first-order valence-electron chi connectivity index (χ1n) is 8.72. The van der Waals surface area contributed by atoms with Gasteiger partial charge in [0.2, 0.25) is 5.82 Å². The van der Waals surface area contributed by atoms with Gasteiger partial charge in [-0.15, -0.1) is 0 Å². The van der Waals surface area contributed by atoms with Gasteiger partial charge in [0.15, 0.2) is 15.6 Å². The highest BCUT2D eigenvalue weighted by atomic mass is 35.5. The second-order valence-electron chi connectivity index (χ2n) is 6.32. The van der Waals surface area contributed by atoms with Crippen LogP contribution in [0, 0.1) is 5.82 Å². The van der Waals surface area contributed by atoms with E-state index in [4.69, 9.17) is 16.3 Å². The van der Waals surface area contributed by atoms with Crippen molar-refractivity contribution in [1.82, 2.24) is 15.3 Å². The summed E-state index contributed by atoms with van der Waals surface area (Å²) in [6.07, 6.45) is 5.07. The Bertz CT molecular complexity index is 997. The lowest BCUT2D eigenvalue weighted by Crippen LogP contribution is -2.32. The SMILES string of the molecule is CC[C@H](Oc1cnc(C(=O)N[C@H](C)/C=C/S(C)(=O)=O)nc1)c1cccc(F)c1Cl. The number of nitrogens with zero attached hydrogens (tertiary/aromatic N) is 2. The molecule has 2 aromatic rings. The van der Waals surface area contributed by atoms with Gasteiger partial charge in [0.25, 0.3) is 5.91 Å². The lowest BCUT2D eigenvalue weighted by atomic mass is 10.1. The van der Waals surface area contributed by atoms with Gasteiger partial charge in [-0.2, -0.15) is 0 Å². The molecule has 0 aliphatic carbocycles. The van der Waals surface area contributed by atoms with Crippen molar-refractivity contribution in [3.05, 3.63) is 64.3 Å². The summed E-state index contributed by atoms with van der Waals surface area (Å²) in [4.78, 5) is 20.1. The number of hydrogen-bond acceptors (Lipinski definition) is 6. The summed E-state index contributed by atoms with van der Waals surface area (Å²) in [7, 11) is -3.28. The molecular formula is C19H21ClFN3O4S. The summed E-state index contributed by atoms with van der Waals surface area (Å²) in [6.45, 7) is 3.48. The molecule has 156 valence electrons. The average Bonchev–Trinajstić information content (AvgIpc) is 2.67. The first-order valence-corrected chi connectivity index (χ1v) is 11.1. The van der Waals surface area contributed by atoms with Crippen molar-refractivity contribution in [1.29, 1.82) is 0 Å². The Morgan fingerprint density at radius 3 is 2.59 bits per heavy atom. The monoisotopic (exact) mass is 441 g/mol. The Morgan fingerprint density at radius 2 is 2.00 bits per heavy atom. The lowest BCUT2D eigenvalue weighted by molar-refractivity contribution is 0.0936. The molecule has 0 saturated heterocycles. The number of aromatic nitrogens is 2. The third-order valence-corrected chi connectivity index (χ3v) is 4.83. The molecule has 0 bridgehead atoms. The zero-order chi connectivity index (χ0) is 21.6. The van der Waals surface area contributed by atoms with E-state index in [1.165, 1.54) is 24.5 Å². The maximum Gasteiger partial charge on any atom is 0.289 e. The van der Waals surface area contributed by atoms with Crippen LogP contribution in [0.15, 0.2) is 42.1 Å². The average molecular weight is 442 g/mol. The molecule has 0 spiro atoms. The Morgan fingerprint density at radius 1 is 1.34 bits per heavy atom. The summed E-state index contributed by atoms with van der Waals surface area (Å²) in [5.74, 6) is -0.913. The Kier molecular flexibility index (Phi) is 7.69. The maximum atomic E-state index is 13.7. The van der Waals surface area contributed by atoms with E-state index in [9.17, 15) is 17.6 Å². The van der Waals surface area contributed by atoms with Gasteiger partial charge in [-0.1, -0.05) is 36.7 Å². The Balaban J connectivity index is 2.06. The van der Waals surface area contributed by atoms with Crippen molar-refractivity contribution in [3.63, 3.8) is 0 Å². The number of hydrogen-bond donors (Lipinski definition) is 1. The Labute approximate surface area is 173 Å². The van der Waals surface area contributed by atoms with Gasteiger partial charge in [0.05, 0.1) is 17.4 Å². The highest BCUT2D eigenvalue weighted by Crippen LogP contribution is 2.30. The molecule has 1 amide bonds. The number of rotatable bonds is 8. The number of benzene rings is 1. The van der Waals surface area contributed by atoms with Crippen molar-refractivity contribution in [3.8, 4) is 5.75 Å². The van der Waals surface area contributed by atoms with E-state index in [2.05, 4.69) is 15.3 Å². The van der Waals surface area contributed by atoms with Crippen LogP contribution in [0.1, 0.15) is 42.6 Å². The second kappa shape index (κ2) is 9.80. The van der Waals surface area contributed by atoms with E-state index >= 15 is 0 Å². The summed E-state index contributed by atoms with van der Waals surface area (Å²) < 4.78 is 41.7. The minimum atomic E-state index is -3.28. The highest BCUT2D eigenvalue weighted by Gasteiger charge is 2.18. The third kappa shape index (κ3) is 6.79. The molecule has 1 heterocycles. The fourth-order valence-electron chi connectivity index (χ4n) is 2.37. The molecule has 0 unspecified atom stereocenters. The van der Waals surface area contributed by atoms with Crippen LogP contribution in [-0.2, 0) is 9.84 Å². The fraction of sp³-hybridized carbons (Fsp3) is 0.316. The second-order valence-corrected chi connectivity index (χ2v) is 8.63. The minimum absolute atomic E-state index is 0.00704. The molecule has 0 aliphatic heterocycles. The number of halogens is 2. The highest BCUT2D eigenvalue weighted by molar-refractivity contribution is 7.93. The van der Waals surface area contributed by atoms with Gasteiger partial charge in [-0.25, -0.2) is 22.8 Å². The molecule has 0 radical (unpaired) electrons. The van der Waals surface area contributed by atoms with E-state index in [0.717, 1.165) is 11.7 Å². The predicted octanol–water partition coefficient (Wildman–Crippen LogP) is 3.48. The van der Waals surface area contributed by atoms with Crippen LogP contribution in [-0.4, -0.2) is 36.6 Å². The molecule has 2 atom stereocenters. The molecule has 1 N–H and O–H groups in total. The maximum absolute atomic E-state index is 13.7. The molecule has 2 rings (SSSR count). The normalized spacial score (nSPS) is 13.8. The van der Waals surface area contributed by atoms with Crippen molar-refractivity contribution in [2.75, 3.05) is 6.26 Å². The number of ether oxygens (including phenoxy) is 1. The molecule has 0 saturated carbocycles. The van der Waals surface area contributed by atoms with Crippen LogP contribution < -0.4 is 10.1 Å². The van der Waals surface area contributed by atoms with Crippen LogP contribution in [0.5, 0.6) is 5.75 Å². The van der Waals surface area contributed by atoms with Crippen molar-refractivity contribution in [2.24, 2.45) is 0 Å². The number of nitrogens with one attached hydrogen (secondary N) is 1. The first-order chi connectivity index (χ1) is 13.6. The van der Waals surface area contributed by atoms with Crippen LogP contribution in [0.25, 0.3) is 0 Å². The molecule has 10 heteroatoms. The van der Waals surface area contributed by atoms with E-state index in [1.54, 1.807) is 19.1 Å². The summed E-state index contributed by atoms with van der Waals surface area (Å²) in [5.41, 5.74) is 0.502. The number of carbonyl (C=O) groups excluding carboxylic acids is 1. The van der Waals surface area contributed by atoms with E-state index in [1.807, 2.05) is 6.92 Å². The van der Waals surface area contributed by atoms with Gasteiger partial charge < -0.3 is 10.1 Å². The molecule has 29 heavy (non-hydrogen) atoms. The topological polar surface area (TPSA) is 98.2 Å². The van der Waals surface area contributed by atoms with E-state index in [-0.39, 0.29) is 10.8 Å². The fourth-order valence-corrected chi connectivity index (χ4v) is 3.14. The van der Waals surface area contributed by atoms with Crippen molar-refractivity contribution < 1.29 is 22.3 Å². The number of sulfone groups is 1. The van der Waals surface area contributed by atoms with Crippen LogP contribution >= 0.6 is 11.6 Å². The van der Waals surface area contributed by atoms with Crippen molar-refractivity contribution >= 4 is 27.3 Å². The standard InChI is InChI=1S/C19H21ClFN3O4S/c1-4-16(14-6-5-7-15(21)17(14)20)28-13-10-22-18(23-11-13)19(25)24-12(2)8-9-29(3,26)27/h5-12,16H,4H2,1-3H3,(H,24,25)/b9-8+/t12-,16+/m1/s1. The molecule has 0 aliphatic rings. The molecule has 1 aromatic carbocycles. The van der Waals surface area contributed by atoms with E-state index < -0.39 is 33.7 Å². The Hall–Kier alpha value is -2.52. The summed E-state index contributed by atoms with van der Waals surface area (Å²) >= 11 is 6.02. The predicted molar refractivity (Wildman–Crippen MR) is 108 cm³/mol. The summed E-state index contributed by atoms with van der Waals surface area (Å²) in [6, 6.07) is 3.96. The number of amides is 1. The van der Waals surface area contributed by atoms with Crippen molar-refractivity contribution in [2.45, 2.75) is 32.4 Å². The van der Waals surface area contributed by atoms with Crippen LogP contribution in [0.3, 0.4) is 0 Å².